The Morgan fingerprint density at radius 2 is 1.78 bits per heavy atom. The van der Waals surface area contributed by atoms with E-state index in [1.54, 1.807) is 0 Å². The Kier molecular flexibility index (Phi) is 4.24. The third kappa shape index (κ3) is 2.67. The topological polar surface area (TPSA) is 76.3 Å². The van der Waals surface area contributed by atoms with Gasteiger partial charge in [-0.2, -0.15) is 4.31 Å². The van der Waals surface area contributed by atoms with Gasteiger partial charge in [0.15, 0.2) is 0 Å². The second-order valence-corrected chi connectivity index (χ2v) is 7.11. The van der Waals surface area contributed by atoms with Crippen molar-refractivity contribution >= 4 is 31.6 Å². The molecule has 1 fully saturated rings. The second kappa shape index (κ2) is 5.54. The Labute approximate surface area is 116 Å². The van der Waals surface area contributed by atoms with Crippen LogP contribution in [0.5, 0.6) is 0 Å². The molecule has 0 aromatic carbocycles. The van der Waals surface area contributed by atoms with Crippen LogP contribution in [0, 0.1) is 0 Å². The third-order valence-corrected chi connectivity index (χ3v) is 5.64. The predicted molar refractivity (Wildman–Crippen MR) is 73.6 cm³/mol. The summed E-state index contributed by atoms with van der Waals surface area (Å²) in [5.74, 6) is 0. The lowest BCUT2D eigenvalue weighted by atomic mass is 10.2. The Balaban J connectivity index is 2.38. The minimum Gasteiger partial charge on any atom is -0.397 e. The summed E-state index contributed by atoms with van der Waals surface area (Å²) in [5, 5.41) is 0. The molecule has 2 N–H and O–H groups in total. The van der Waals surface area contributed by atoms with Crippen molar-refractivity contribution in [2.75, 3.05) is 18.8 Å². The van der Waals surface area contributed by atoms with Gasteiger partial charge in [0.2, 0.25) is 10.0 Å². The molecule has 1 aliphatic heterocycles. The Morgan fingerprint density at radius 1 is 1.17 bits per heavy atom. The van der Waals surface area contributed by atoms with Gasteiger partial charge in [0.05, 0.1) is 10.2 Å². The lowest BCUT2D eigenvalue weighted by Crippen LogP contribution is -2.32. The van der Waals surface area contributed by atoms with E-state index < -0.39 is 10.0 Å². The van der Waals surface area contributed by atoms with Crippen molar-refractivity contribution in [3.63, 3.8) is 0 Å². The van der Waals surface area contributed by atoms with Crippen molar-refractivity contribution in [2.24, 2.45) is 0 Å². The summed E-state index contributed by atoms with van der Waals surface area (Å²) >= 11 is 3.21. The van der Waals surface area contributed by atoms with E-state index in [9.17, 15) is 8.42 Å². The maximum absolute atomic E-state index is 12.5. The van der Waals surface area contributed by atoms with Gasteiger partial charge in [0, 0.05) is 25.5 Å². The zero-order chi connectivity index (χ0) is 13.2. The number of rotatable bonds is 2. The summed E-state index contributed by atoms with van der Waals surface area (Å²) in [5.41, 5.74) is 6.05. The molecular formula is C11H16BrN3O2S. The van der Waals surface area contributed by atoms with E-state index in [0.717, 1.165) is 25.7 Å². The third-order valence-electron chi connectivity index (χ3n) is 3.09. The average Bonchev–Trinajstić information content (AvgIpc) is 2.61. The number of sulfonamides is 1. The molecule has 1 aromatic heterocycles. The van der Waals surface area contributed by atoms with Crippen LogP contribution in [0.3, 0.4) is 0 Å². The normalized spacial score (nSPS) is 18.5. The van der Waals surface area contributed by atoms with Crippen molar-refractivity contribution in [2.45, 2.75) is 30.6 Å². The molecule has 7 heteroatoms. The molecule has 1 saturated heterocycles. The average molecular weight is 334 g/mol. The van der Waals surface area contributed by atoms with Crippen molar-refractivity contribution in [1.82, 2.24) is 9.29 Å². The number of nitrogens with two attached hydrogens (primary N) is 1. The minimum atomic E-state index is -3.52. The fraction of sp³-hybridized carbons (Fsp3) is 0.545. The summed E-state index contributed by atoms with van der Waals surface area (Å²) in [7, 11) is -3.52. The van der Waals surface area contributed by atoms with Gasteiger partial charge in [-0.25, -0.2) is 8.42 Å². The fourth-order valence-electron chi connectivity index (χ4n) is 2.05. The van der Waals surface area contributed by atoms with E-state index in [1.165, 1.54) is 16.7 Å². The van der Waals surface area contributed by atoms with Crippen molar-refractivity contribution in [3.8, 4) is 0 Å². The molecule has 0 spiro atoms. The highest BCUT2D eigenvalue weighted by Gasteiger charge is 2.27. The number of nitrogen functional groups attached to an aromatic ring is 1. The van der Waals surface area contributed by atoms with Crippen LogP contribution in [-0.4, -0.2) is 30.8 Å². The zero-order valence-corrected chi connectivity index (χ0v) is 12.4. The maximum Gasteiger partial charge on any atom is 0.246 e. The van der Waals surface area contributed by atoms with Gasteiger partial charge in [0.1, 0.15) is 4.90 Å². The molecule has 100 valence electrons. The summed E-state index contributed by atoms with van der Waals surface area (Å²) in [6, 6.07) is 0. The number of hydrogen-bond donors (Lipinski definition) is 1. The smallest absolute Gasteiger partial charge is 0.246 e. The highest BCUT2D eigenvalue weighted by molar-refractivity contribution is 9.10. The molecule has 5 nitrogen and oxygen atoms in total. The lowest BCUT2D eigenvalue weighted by Gasteiger charge is -2.20. The SMILES string of the molecule is Nc1c(Br)cncc1S(=O)(=O)N1CCCCCC1. The number of hydrogen-bond acceptors (Lipinski definition) is 4. The molecule has 18 heavy (non-hydrogen) atoms. The first kappa shape index (κ1) is 13.8. The Bertz CT molecular complexity index is 525. The lowest BCUT2D eigenvalue weighted by molar-refractivity contribution is 0.424. The second-order valence-electron chi connectivity index (χ2n) is 4.35. The zero-order valence-electron chi connectivity index (χ0n) is 9.97. The standard InChI is InChI=1S/C11H16BrN3O2S/c12-9-7-14-8-10(11(9)13)18(16,17)15-5-3-1-2-4-6-15/h7-8H,1-6H2,(H2,13,14). The highest BCUT2D eigenvalue weighted by Crippen LogP contribution is 2.28. The van der Waals surface area contributed by atoms with Gasteiger partial charge >= 0.3 is 0 Å². The highest BCUT2D eigenvalue weighted by atomic mass is 79.9. The van der Waals surface area contributed by atoms with Crippen LogP contribution in [0.2, 0.25) is 0 Å². The molecule has 2 heterocycles. The maximum atomic E-state index is 12.5. The molecule has 0 aliphatic carbocycles. The summed E-state index contributed by atoms with van der Waals surface area (Å²) in [6.45, 7) is 1.13. The first-order chi connectivity index (χ1) is 8.53. The minimum absolute atomic E-state index is 0.0961. The molecule has 1 aliphatic rings. The first-order valence-corrected chi connectivity index (χ1v) is 8.16. The van der Waals surface area contributed by atoms with Crippen LogP contribution in [0.4, 0.5) is 5.69 Å². The molecule has 0 bridgehead atoms. The van der Waals surface area contributed by atoms with Crippen molar-refractivity contribution in [3.05, 3.63) is 16.9 Å². The van der Waals surface area contributed by atoms with Gasteiger partial charge in [-0.05, 0) is 28.8 Å². The van der Waals surface area contributed by atoms with E-state index in [2.05, 4.69) is 20.9 Å². The Hall–Kier alpha value is -0.660. The van der Waals surface area contributed by atoms with Crippen LogP contribution in [0.15, 0.2) is 21.8 Å². The number of aromatic nitrogens is 1. The van der Waals surface area contributed by atoms with E-state index >= 15 is 0 Å². The first-order valence-electron chi connectivity index (χ1n) is 5.92. The molecule has 0 saturated carbocycles. The quantitative estimate of drug-likeness (QED) is 0.897. The summed E-state index contributed by atoms with van der Waals surface area (Å²) in [4.78, 5) is 3.99. The number of halogens is 1. The van der Waals surface area contributed by atoms with Crippen LogP contribution < -0.4 is 5.73 Å². The van der Waals surface area contributed by atoms with E-state index in [0.29, 0.717) is 17.6 Å². The van der Waals surface area contributed by atoms with Gasteiger partial charge < -0.3 is 5.73 Å². The largest absolute Gasteiger partial charge is 0.397 e. The van der Waals surface area contributed by atoms with Crippen LogP contribution in [0.1, 0.15) is 25.7 Å². The molecule has 0 amide bonds. The van der Waals surface area contributed by atoms with E-state index in [1.807, 2.05) is 0 Å². The summed E-state index contributed by atoms with van der Waals surface area (Å²) in [6.07, 6.45) is 6.79. The molecule has 0 unspecified atom stereocenters. The van der Waals surface area contributed by atoms with Crippen LogP contribution in [0.25, 0.3) is 0 Å². The molecule has 1 aromatic rings. The van der Waals surface area contributed by atoms with Gasteiger partial charge in [-0.3, -0.25) is 4.98 Å². The van der Waals surface area contributed by atoms with Crippen LogP contribution >= 0.6 is 15.9 Å². The number of anilines is 1. The molecule has 0 radical (unpaired) electrons. The van der Waals surface area contributed by atoms with Crippen LogP contribution in [-0.2, 0) is 10.0 Å². The number of pyridine rings is 1. The van der Waals surface area contributed by atoms with Crippen molar-refractivity contribution in [1.29, 1.82) is 0 Å². The molecular weight excluding hydrogens is 318 g/mol. The fourth-order valence-corrected chi connectivity index (χ4v) is 4.12. The monoisotopic (exact) mass is 333 g/mol. The molecule has 0 atom stereocenters. The van der Waals surface area contributed by atoms with E-state index in [-0.39, 0.29) is 10.6 Å². The van der Waals surface area contributed by atoms with E-state index in [4.69, 9.17) is 5.73 Å². The van der Waals surface area contributed by atoms with Gasteiger partial charge in [-0.1, -0.05) is 12.8 Å². The van der Waals surface area contributed by atoms with Crippen molar-refractivity contribution < 1.29 is 8.42 Å². The van der Waals surface area contributed by atoms with Gasteiger partial charge in [0.25, 0.3) is 0 Å². The summed E-state index contributed by atoms with van der Waals surface area (Å²) < 4.78 is 27.0. The Morgan fingerprint density at radius 3 is 2.39 bits per heavy atom. The number of nitrogens with zero attached hydrogens (tertiary/aromatic N) is 2. The van der Waals surface area contributed by atoms with Gasteiger partial charge in [-0.15, -0.1) is 0 Å². The predicted octanol–water partition coefficient (Wildman–Crippen LogP) is 1.99. The molecule has 2 rings (SSSR count).